The molecule has 2 aliphatic heterocycles. The van der Waals surface area contributed by atoms with Gasteiger partial charge in [-0.05, 0) is 25.7 Å². The summed E-state index contributed by atoms with van der Waals surface area (Å²) in [5.41, 5.74) is 5.95. The topological polar surface area (TPSA) is 55.6 Å². The maximum Gasteiger partial charge on any atom is 0.410 e. The third-order valence-corrected chi connectivity index (χ3v) is 3.52. The average Bonchev–Trinajstić information content (AvgIpc) is 2.74. The van der Waals surface area contributed by atoms with Gasteiger partial charge in [-0.2, -0.15) is 0 Å². The summed E-state index contributed by atoms with van der Waals surface area (Å²) < 4.78 is 5.23. The number of carbonyl (C=O) groups is 1. The number of fused-ring (bicyclic) bond motifs is 2. The van der Waals surface area contributed by atoms with E-state index in [0.717, 1.165) is 32.1 Å². The molecule has 15 heavy (non-hydrogen) atoms. The largest absolute Gasteiger partial charge is 0.449 e. The van der Waals surface area contributed by atoms with Gasteiger partial charge in [0.15, 0.2) is 0 Å². The van der Waals surface area contributed by atoms with Gasteiger partial charge in [0.2, 0.25) is 0 Å². The van der Waals surface area contributed by atoms with Crippen molar-refractivity contribution in [1.82, 2.24) is 4.90 Å². The quantitative estimate of drug-likeness (QED) is 0.721. The number of rotatable bonds is 3. The third kappa shape index (κ3) is 1.95. The normalized spacial score (nSPS) is 33.5. The van der Waals surface area contributed by atoms with Crippen LogP contribution in [0.2, 0.25) is 0 Å². The highest BCUT2D eigenvalue weighted by Gasteiger charge is 2.47. The molecule has 86 valence electrons. The van der Waals surface area contributed by atoms with Crippen molar-refractivity contribution in [3.05, 3.63) is 0 Å². The van der Waals surface area contributed by atoms with Crippen molar-refractivity contribution in [3.8, 4) is 0 Å². The summed E-state index contributed by atoms with van der Waals surface area (Å²) in [5.74, 6) is 0. The van der Waals surface area contributed by atoms with E-state index in [1.54, 1.807) is 0 Å². The Bertz CT molecular complexity index is 245. The fraction of sp³-hybridized carbons (Fsp3) is 0.909. The van der Waals surface area contributed by atoms with Crippen molar-refractivity contribution in [2.24, 2.45) is 5.73 Å². The molecule has 2 N–H and O–H groups in total. The van der Waals surface area contributed by atoms with E-state index in [0.29, 0.717) is 12.6 Å². The lowest BCUT2D eigenvalue weighted by molar-refractivity contribution is 0.0949. The summed E-state index contributed by atoms with van der Waals surface area (Å²) in [5, 5.41) is 0. The van der Waals surface area contributed by atoms with E-state index in [-0.39, 0.29) is 18.2 Å². The van der Waals surface area contributed by atoms with Gasteiger partial charge in [0.1, 0.15) is 0 Å². The fourth-order valence-corrected chi connectivity index (χ4v) is 2.70. The summed E-state index contributed by atoms with van der Waals surface area (Å²) in [6.45, 7) is 2.63. The molecule has 0 spiro atoms. The molecule has 0 aromatic heterocycles. The SMILES string of the molecule is CCCCOC(=O)N1[C@H]2CC[C@@H]1[C@H](N)C2. The van der Waals surface area contributed by atoms with Gasteiger partial charge in [-0.25, -0.2) is 4.79 Å². The van der Waals surface area contributed by atoms with Gasteiger partial charge in [-0.15, -0.1) is 0 Å². The van der Waals surface area contributed by atoms with Gasteiger partial charge in [0, 0.05) is 12.1 Å². The molecule has 2 fully saturated rings. The van der Waals surface area contributed by atoms with E-state index in [1.165, 1.54) is 0 Å². The van der Waals surface area contributed by atoms with E-state index in [9.17, 15) is 4.79 Å². The van der Waals surface area contributed by atoms with E-state index in [2.05, 4.69) is 6.92 Å². The van der Waals surface area contributed by atoms with Crippen molar-refractivity contribution >= 4 is 6.09 Å². The lowest BCUT2D eigenvalue weighted by Gasteiger charge is -2.22. The van der Waals surface area contributed by atoms with Crippen molar-refractivity contribution in [3.63, 3.8) is 0 Å². The van der Waals surface area contributed by atoms with Crippen LogP contribution in [0.4, 0.5) is 4.79 Å². The van der Waals surface area contributed by atoms with Crippen molar-refractivity contribution in [2.45, 2.75) is 57.2 Å². The molecular weight excluding hydrogens is 192 g/mol. The van der Waals surface area contributed by atoms with E-state index in [4.69, 9.17) is 10.5 Å². The maximum absolute atomic E-state index is 11.8. The smallest absolute Gasteiger partial charge is 0.410 e. The number of amides is 1. The molecule has 2 bridgehead atoms. The van der Waals surface area contributed by atoms with Crippen molar-refractivity contribution in [1.29, 1.82) is 0 Å². The summed E-state index contributed by atoms with van der Waals surface area (Å²) in [6, 6.07) is 0.755. The monoisotopic (exact) mass is 212 g/mol. The van der Waals surface area contributed by atoms with Crippen LogP contribution >= 0.6 is 0 Å². The lowest BCUT2D eigenvalue weighted by Crippen LogP contribution is -2.40. The molecule has 4 heteroatoms. The standard InChI is InChI=1S/C11H20N2O2/c1-2-3-6-15-11(14)13-8-4-5-10(13)9(12)7-8/h8-10H,2-7,12H2,1H3/t8-,9+,10+/m0/s1. The van der Waals surface area contributed by atoms with Crippen molar-refractivity contribution < 1.29 is 9.53 Å². The van der Waals surface area contributed by atoms with Gasteiger partial charge < -0.3 is 15.4 Å². The Kier molecular flexibility index (Phi) is 3.14. The highest BCUT2D eigenvalue weighted by Crippen LogP contribution is 2.37. The first-order valence-corrected chi connectivity index (χ1v) is 5.94. The van der Waals surface area contributed by atoms with Gasteiger partial charge in [0.25, 0.3) is 0 Å². The predicted octanol–water partition coefficient (Wildman–Crippen LogP) is 1.49. The number of ether oxygens (including phenoxy) is 1. The first kappa shape index (κ1) is 10.7. The minimum Gasteiger partial charge on any atom is -0.449 e. The number of hydrogen-bond acceptors (Lipinski definition) is 3. The molecule has 0 aliphatic carbocycles. The Hall–Kier alpha value is -0.770. The molecule has 0 aromatic rings. The van der Waals surface area contributed by atoms with Gasteiger partial charge >= 0.3 is 6.09 Å². The minimum absolute atomic E-state index is 0.149. The van der Waals surface area contributed by atoms with Crippen LogP contribution < -0.4 is 5.73 Å². The summed E-state index contributed by atoms with van der Waals surface area (Å²) in [6.07, 6.45) is 4.95. The maximum atomic E-state index is 11.8. The summed E-state index contributed by atoms with van der Waals surface area (Å²) in [7, 11) is 0. The van der Waals surface area contributed by atoms with Crippen molar-refractivity contribution in [2.75, 3.05) is 6.61 Å². The van der Waals surface area contributed by atoms with Gasteiger partial charge in [-0.3, -0.25) is 0 Å². The first-order chi connectivity index (χ1) is 7.24. The molecule has 0 unspecified atom stereocenters. The van der Waals surface area contributed by atoms with Crippen LogP contribution in [0.5, 0.6) is 0 Å². The highest BCUT2D eigenvalue weighted by atomic mass is 16.6. The Morgan fingerprint density at radius 3 is 2.87 bits per heavy atom. The second kappa shape index (κ2) is 4.39. The number of unbranched alkanes of at least 4 members (excludes halogenated alkanes) is 1. The zero-order chi connectivity index (χ0) is 10.8. The molecule has 0 aromatic carbocycles. The average molecular weight is 212 g/mol. The number of hydrogen-bond donors (Lipinski definition) is 1. The molecule has 0 radical (unpaired) electrons. The highest BCUT2D eigenvalue weighted by molar-refractivity contribution is 5.69. The van der Waals surface area contributed by atoms with Crippen LogP contribution in [0.3, 0.4) is 0 Å². The molecule has 2 rings (SSSR count). The fourth-order valence-electron chi connectivity index (χ4n) is 2.70. The molecule has 2 saturated heterocycles. The summed E-state index contributed by atoms with van der Waals surface area (Å²) in [4.78, 5) is 13.7. The van der Waals surface area contributed by atoms with Crippen LogP contribution in [0.25, 0.3) is 0 Å². The second-order valence-electron chi connectivity index (χ2n) is 4.57. The number of nitrogens with two attached hydrogens (primary N) is 1. The third-order valence-electron chi connectivity index (χ3n) is 3.52. The van der Waals surface area contributed by atoms with Crippen LogP contribution in [-0.4, -0.2) is 35.7 Å². The molecule has 1 amide bonds. The van der Waals surface area contributed by atoms with Gasteiger partial charge in [-0.1, -0.05) is 13.3 Å². The first-order valence-electron chi connectivity index (χ1n) is 5.94. The Balaban J connectivity index is 1.86. The van der Waals surface area contributed by atoms with E-state index < -0.39 is 0 Å². The zero-order valence-corrected chi connectivity index (χ0v) is 9.32. The minimum atomic E-state index is -0.149. The van der Waals surface area contributed by atoms with Crippen LogP contribution in [0.1, 0.15) is 39.0 Å². The van der Waals surface area contributed by atoms with E-state index in [1.807, 2.05) is 4.90 Å². The Labute approximate surface area is 90.8 Å². The summed E-state index contributed by atoms with van der Waals surface area (Å²) >= 11 is 0. The lowest BCUT2D eigenvalue weighted by atomic mass is 9.97. The zero-order valence-electron chi connectivity index (χ0n) is 9.32. The number of carbonyl (C=O) groups excluding carboxylic acids is 1. The molecular formula is C11H20N2O2. The van der Waals surface area contributed by atoms with Crippen LogP contribution in [-0.2, 0) is 4.74 Å². The molecule has 0 saturated carbocycles. The molecule has 2 aliphatic rings. The second-order valence-corrected chi connectivity index (χ2v) is 4.57. The van der Waals surface area contributed by atoms with Gasteiger partial charge in [0.05, 0.1) is 12.6 Å². The van der Waals surface area contributed by atoms with Crippen LogP contribution in [0.15, 0.2) is 0 Å². The Morgan fingerprint density at radius 2 is 2.33 bits per heavy atom. The molecule has 3 atom stereocenters. The predicted molar refractivity (Wildman–Crippen MR) is 57.5 cm³/mol. The molecule has 2 heterocycles. The van der Waals surface area contributed by atoms with Crippen LogP contribution in [0, 0.1) is 0 Å². The number of nitrogens with zero attached hydrogens (tertiary/aromatic N) is 1. The Morgan fingerprint density at radius 1 is 1.53 bits per heavy atom. The van der Waals surface area contributed by atoms with E-state index >= 15 is 0 Å². The molecule has 4 nitrogen and oxygen atoms in total.